The van der Waals surface area contributed by atoms with Crippen molar-refractivity contribution >= 4 is 53.3 Å². The topological polar surface area (TPSA) is 51.6 Å². The van der Waals surface area contributed by atoms with Crippen LogP contribution in [0.5, 0.6) is 0 Å². The van der Waals surface area contributed by atoms with E-state index in [1.165, 1.54) is 10.1 Å². The van der Waals surface area contributed by atoms with E-state index in [0.29, 0.717) is 5.82 Å². The summed E-state index contributed by atoms with van der Waals surface area (Å²) in [4.78, 5) is 20.2. The van der Waals surface area contributed by atoms with E-state index >= 15 is 0 Å². The van der Waals surface area contributed by atoms with Gasteiger partial charge in [0.1, 0.15) is 0 Å². The van der Waals surface area contributed by atoms with Crippen molar-refractivity contribution in [1.82, 2.24) is 19.9 Å². The van der Waals surface area contributed by atoms with Crippen LogP contribution in [0.3, 0.4) is 0 Å². The number of nitrogens with zero attached hydrogens (tertiary/aromatic N) is 4. The fourth-order valence-corrected chi connectivity index (χ4v) is 7.31. The maximum Gasteiger partial charge on any atom is 0.160 e. The molecule has 0 aliphatic carbocycles. The Morgan fingerprint density at radius 1 is 0.444 bits per heavy atom. The summed E-state index contributed by atoms with van der Waals surface area (Å²) in [5.41, 5.74) is 8.80. The van der Waals surface area contributed by atoms with Gasteiger partial charge in [-0.1, -0.05) is 115 Å². The largest absolute Gasteiger partial charge is 0.254 e. The molecular formula is C40H24N4S. The van der Waals surface area contributed by atoms with Gasteiger partial charge in [0.2, 0.25) is 0 Å². The molecule has 9 aromatic rings. The predicted octanol–water partition coefficient (Wildman–Crippen LogP) is 10.6. The number of aromatic nitrogens is 4. The molecule has 0 saturated heterocycles. The molecule has 0 fully saturated rings. The van der Waals surface area contributed by atoms with E-state index < -0.39 is 0 Å². The van der Waals surface area contributed by atoms with Gasteiger partial charge in [0.15, 0.2) is 5.82 Å². The molecule has 0 aliphatic rings. The van der Waals surface area contributed by atoms with Crippen LogP contribution in [-0.2, 0) is 0 Å². The molecule has 4 aromatic heterocycles. The molecule has 45 heavy (non-hydrogen) atoms. The lowest BCUT2D eigenvalue weighted by molar-refractivity contribution is 1.24. The quantitative estimate of drug-likeness (QED) is 0.191. The summed E-state index contributed by atoms with van der Waals surface area (Å²) < 4.78 is 2.32. The van der Waals surface area contributed by atoms with Crippen LogP contribution in [0.15, 0.2) is 146 Å². The number of fused-ring (bicyclic) bond motifs is 6. The Hall–Kier alpha value is -5.78. The van der Waals surface area contributed by atoms with Crippen molar-refractivity contribution in [3.05, 3.63) is 146 Å². The number of benzene rings is 5. The van der Waals surface area contributed by atoms with E-state index in [0.717, 1.165) is 71.2 Å². The molecule has 0 amide bonds. The van der Waals surface area contributed by atoms with Crippen LogP contribution in [-0.4, -0.2) is 19.9 Å². The van der Waals surface area contributed by atoms with Gasteiger partial charge in [-0.25, -0.2) is 15.0 Å². The van der Waals surface area contributed by atoms with Gasteiger partial charge >= 0.3 is 0 Å². The van der Waals surface area contributed by atoms with Gasteiger partial charge in [-0.2, -0.15) is 0 Å². The Bertz CT molecular complexity index is 2540. The average molecular weight is 593 g/mol. The lowest BCUT2D eigenvalue weighted by atomic mass is 10.0. The highest BCUT2D eigenvalue weighted by molar-refractivity contribution is 7.26. The second-order valence-corrected chi connectivity index (χ2v) is 12.1. The fourth-order valence-electron chi connectivity index (χ4n) is 6.15. The van der Waals surface area contributed by atoms with Crippen LogP contribution in [0.25, 0.3) is 87.1 Å². The maximum atomic E-state index is 5.15. The van der Waals surface area contributed by atoms with Gasteiger partial charge in [-0.15, -0.1) is 11.3 Å². The van der Waals surface area contributed by atoms with Crippen molar-refractivity contribution in [3.63, 3.8) is 0 Å². The molecule has 0 unspecified atom stereocenters. The number of rotatable bonds is 4. The number of hydrogen-bond acceptors (Lipinski definition) is 5. The van der Waals surface area contributed by atoms with E-state index in [-0.39, 0.29) is 0 Å². The molecule has 9 rings (SSSR count). The van der Waals surface area contributed by atoms with Gasteiger partial charge in [-0.05, 0) is 35.2 Å². The highest BCUT2D eigenvalue weighted by Crippen LogP contribution is 2.39. The monoisotopic (exact) mass is 592 g/mol. The minimum atomic E-state index is 0.711. The van der Waals surface area contributed by atoms with Crippen LogP contribution < -0.4 is 0 Å². The van der Waals surface area contributed by atoms with Crippen LogP contribution in [0, 0.1) is 0 Å². The van der Waals surface area contributed by atoms with Gasteiger partial charge in [0.05, 0.1) is 32.8 Å². The molecule has 0 spiro atoms. The first-order valence-electron chi connectivity index (χ1n) is 14.9. The van der Waals surface area contributed by atoms with Crippen molar-refractivity contribution in [2.75, 3.05) is 0 Å². The molecule has 210 valence electrons. The summed E-state index contributed by atoms with van der Waals surface area (Å²) in [5.74, 6) is 0.711. The second-order valence-electron chi connectivity index (χ2n) is 11.1. The summed E-state index contributed by atoms with van der Waals surface area (Å²) in [5, 5.41) is 4.59. The van der Waals surface area contributed by atoms with Gasteiger partial charge in [0, 0.05) is 43.7 Å². The number of para-hydroxylation sites is 1. The van der Waals surface area contributed by atoms with Crippen molar-refractivity contribution in [2.45, 2.75) is 0 Å². The van der Waals surface area contributed by atoms with Crippen LogP contribution in [0.4, 0.5) is 0 Å². The molecule has 5 heteroatoms. The van der Waals surface area contributed by atoms with Crippen molar-refractivity contribution < 1.29 is 0 Å². The summed E-state index contributed by atoms with van der Waals surface area (Å²) in [6.45, 7) is 0. The predicted molar refractivity (Wildman–Crippen MR) is 187 cm³/mol. The van der Waals surface area contributed by atoms with E-state index in [1.807, 2.05) is 18.3 Å². The van der Waals surface area contributed by atoms with Crippen LogP contribution in [0.2, 0.25) is 0 Å². The first kappa shape index (κ1) is 25.7. The molecule has 0 aliphatic heterocycles. The molecule has 5 aromatic carbocycles. The van der Waals surface area contributed by atoms with Crippen molar-refractivity contribution in [1.29, 1.82) is 0 Å². The molecule has 4 heterocycles. The Morgan fingerprint density at radius 3 is 2.00 bits per heavy atom. The van der Waals surface area contributed by atoms with Crippen molar-refractivity contribution in [2.24, 2.45) is 0 Å². The highest BCUT2D eigenvalue weighted by Gasteiger charge is 2.17. The lowest BCUT2D eigenvalue weighted by Crippen LogP contribution is -1.94. The third kappa shape index (κ3) is 4.36. The third-order valence-corrected chi connectivity index (χ3v) is 9.50. The maximum absolute atomic E-state index is 5.15. The normalized spacial score (nSPS) is 11.6. The first-order valence-corrected chi connectivity index (χ1v) is 15.7. The molecule has 0 saturated carbocycles. The summed E-state index contributed by atoms with van der Waals surface area (Å²) in [6.07, 6.45) is 1.94. The van der Waals surface area contributed by atoms with E-state index in [9.17, 15) is 0 Å². The fraction of sp³-hybridized carbons (Fsp3) is 0. The van der Waals surface area contributed by atoms with Crippen LogP contribution >= 0.6 is 11.3 Å². The van der Waals surface area contributed by atoms with Crippen molar-refractivity contribution in [3.8, 4) is 45.2 Å². The molecule has 0 N–H and O–H groups in total. The Kier molecular flexibility index (Phi) is 5.96. The van der Waals surface area contributed by atoms with E-state index in [1.54, 1.807) is 11.3 Å². The Labute approximate surface area is 263 Å². The zero-order chi connectivity index (χ0) is 29.7. The van der Waals surface area contributed by atoms with E-state index in [4.69, 9.17) is 19.9 Å². The number of thiophene rings is 1. The summed E-state index contributed by atoms with van der Waals surface area (Å²) in [7, 11) is 0. The number of pyridine rings is 2. The zero-order valence-corrected chi connectivity index (χ0v) is 24.9. The third-order valence-electron chi connectivity index (χ3n) is 8.34. The number of hydrogen-bond donors (Lipinski definition) is 0. The molecule has 4 nitrogen and oxygen atoms in total. The molecule has 0 bridgehead atoms. The Balaban J connectivity index is 1.14. The highest BCUT2D eigenvalue weighted by atomic mass is 32.1. The zero-order valence-electron chi connectivity index (χ0n) is 24.1. The van der Waals surface area contributed by atoms with Gasteiger partial charge in [0.25, 0.3) is 0 Å². The Morgan fingerprint density at radius 2 is 1.16 bits per heavy atom. The smallest absolute Gasteiger partial charge is 0.160 e. The minimum Gasteiger partial charge on any atom is -0.254 e. The van der Waals surface area contributed by atoms with E-state index in [2.05, 4.69) is 127 Å². The van der Waals surface area contributed by atoms with Gasteiger partial charge < -0.3 is 0 Å². The summed E-state index contributed by atoms with van der Waals surface area (Å²) >= 11 is 1.75. The molecule has 0 radical (unpaired) electrons. The summed E-state index contributed by atoms with van der Waals surface area (Å²) in [6, 6.07) is 48.2. The SMILES string of the molecule is c1ccc(-c2nc(-c3cccc(-c4ccc(-c5nc6ccccc6c6ccccc56)nc4)c3)nc3c2sc2ccccc23)cc1. The van der Waals surface area contributed by atoms with Gasteiger partial charge in [-0.3, -0.25) is 4.98 Å². The minimum absolute atomic E-state index is 0.711. The molecule has 0 atom stereocenters. The second kappa shape index (κ2) is 10.4. The standard InChI is InChI=1S/C40H24N4S/c1-2-11-25(12-3-1)36-39-38(32-18-7-9-20-35(32)45-39)44-40(43-36)27-14-10-13-26(23-27)28-21-22-34(41-24-28)37-31-17-5-4-15-29(31)30-16-6-8-19-33(30)42-37/h1-24H. The first-order chi connectivity index (χ1) is 22.3. The average Bonchev–Trinajstić information content (AvgIpc) is 3.50. The van der Waals surface area contributed by atoms with Crippen LogP contribution in [0.1, 0.15) is 0 Å². The lowest BCUT2D eigenvalue weighted by Gasteiger charge is -2.11. The molecular weight excluding hydrogens is 569 g/mol.